The standard InChI is InChI=1S/C51H58ClN5O5/c1-33(32-62-46-17-22-53-45-13-4-8-34(2)48(45)46)24-40-27-38-15-16-43(29-44(38)50(40)18-20-51(21-19-50,49(59)60)56-42-12-6-11-41(52)28-42)61-23-7-14-47(58)54-30-36-9-5-10-37(26-36)39-25-35(3)57-55-31-39/h5-6,9-12,15-17,22,25-26,28-29,31,33-34,40,56H,4,7-8,13-14,18-21,23-24,27,30,32H2,1-3H3,(H,54,58)(H,59,60)/t33-,34-,40?,50?,51?/m1/s1. The van der Waals surface area contributed by atoms with Crippen LogP contribution in [0.2, 0.25) is 5.02 Å². The lowest BCUT2D eigenvalue weighted by molar-refractivity contribution is -0.144. The Morgan fingerprint density at radius 1 is 0.984 bits per heavy atom. The van der Waals surface area contributed by atoms with Crippen LogP contribution in [0.25, 0.3) is 11.1 Å². The Bertz CT molecular complexity index is 2400. The number of hydrogen-bond donors (Lipinski definition) is 3. The fourth-order valence-corrected chi connectivity index (χ4v) is 10.6. The molecular weight excluding hydrogens is 798 g/mol. The summed E-state index contributed by atoms with van der Waals surface area (Å²) in [5, 5.41) is 25.9. The quantitative estimate of drug-likeness (QED) is 0.0829. The number of carboxylic acids is 1. The summed E-state index contributed by atoms with van der Waals surface area (Å²) in [5.74, 6) is 1.90. The number of anilines is 1. The number of carboxylic acid groups (broad SMARTS) is 1. The Balaban J connectivity index is 0.928. The zero-order chi connectivity index (χ0) is 43.3. The molecule has 1 spiro atoms. The first-order valence-corrected chi connectivity index (χ1v) is 22.7. The third-order valence-electron chi connectivity index (χ3n) is 13.6. The Kier molecular flexibility index (Phi) is 13.1. The number of aliphatic carboxylic acids is 1. The minimum Gasteiger partial charge on any atom is -0.494 e. The molecule has 1 unspecified atom stereocenters. The second-order valence-corrected chi connectivity index (χ2v) is 18.5. The summed E-state index contributed by atoms with van der Waals surface area (Å²) < 4.78 is 12.9. The molecule has 0 aliphatic heterocycles. The number of halogens is 1. The predicted octanol–water partition coefficient (Wildman–Crippen LogP) is 10.4. The summed E-state index contributed by atoms with van der Waals surface area (Å²) in [6, 6.07) is 25.9. The van der Waals surface area contributed by atoms with Gasteiger partial charge in [-0.05, 0) is 165 Å². The number of benzene rings is 3. The van der Waals surface area contributed by atoms with Gasteiger partial charge in [0.15, 0.2) is 0 Å². The van der Waals surface area contributed by atoms with Crippen molar-refractivity contribution < 1.29 is 24.2 Å². The molecule has 3 aliphatic rings. The number of carbonyl (C=O) groups is 2. The molecule has 3 atom stereocenters. The molecule has 3 aliphatic carbocycles. The number of nitrogens with one attached hydrogen (secondary N) is 2. The molecule has 1 amide bonds. The van der Waals surface area contributed by atoms with Gasteiger partial charge in [0.25, 0.3) is 0 Å². The van der Waals surface area contributed by atoms with Gasteiger partial charge in [-0.15, -0.1) is 0 Å². The first-order chi connectivity index (χ1) is 30.0. The van der Waals surface area contributed by atoms with Crippen molar-refractivity contribution in [3.8, 4) is 22.6 Å². The van der Waals surface area contributed by atoms with Crippen LogP contribution in [0.1, 0.15) is 111 Å². The minimum atomic E-state index is -1.11. The van der Waals surface area contributed by atoms with Crippen LogP contribution in [0.4, 0.5) is 5.69 Å². The lowest BCUT2D eigenvalue weighted by Gasteiger charge is -2.47. The first-order valence-electron chi connectivity index (χ1n) is 22.3. The lowest BCUT2D eigenvalue weighted by atomic mass is 9.59. The molecule has 2 aromatic heterocycles. The zero-order valence-corrected chi connectivity index (χ0v) is 36.8. The zero-order valence-electron chi connectivity index (χ0n) is 36.1. The van der Waals surface area contributed by atoms with E-state index in [1.54, 1.807) is 18.3 Å². The summed E-state index contributed by atoms with van der Waals surface area (Å²) in [6.45, 7) is 7.93. The maximum atomic E-state index is 13.1. The summed E-state index contributed by atoms with van der Waals surface area (Å²) in [4.78, 5) is 30.7. The van der Waals surface area contributed by atoms with Crippen molar-refractivity contribution in [2.75, 3.05) is 18.5 Å². The molecule has 324 valence electrons. The van der Waals surface area contributed by atoms with E-state index in [9.17, 15) is 14.7 Å². The van der Waals surface area contributed by atoms with Crippen LogP contribution in [0.5, 0.6) is 11.5 Å². The van der Waals surface area contributed by atoms with E-state index < -0.39 is 11.5 Å². The molecular formula is C51H58ClN5O5. The van der Waals surface area contributed by atoms with Crippen LogP contribution >= 0.6 is 11.6 Å². The smallest absolute Gasteiger partial charge is 0.329 e. The Morgan fingerprint density at radius 2 is 1.82 bits per heavy atom. The van der Waals surface area contributed by atoms with E-state index in [0.29, 0.717) is 68.0 Å². The average molecular weight is 857 g/mol. The highest BCUT2D eigenvalue weighted by Gasteiger charge is 2.54. The van der Waals surface area contributed by atoms with Gasteiger partial charge in [0.1, 0.15) is 17.0 Å². The Labute approximate surface area is 370 Å². The van der Waals surface area contributed by atoms with E-state index in [-0.39, 0.29) is 17.2 Å². The molecule has 0 radical (unpaired) electrons. The monoisotopic (exact) mass is 855 g/mol. The number of fused-ring (bicyclic) bond motifs is 3. The number of aromatic nitrogens is 3. The molecule has 11 heteroatoms. The second-order valence-electron chi connectivity index (χ2n) is 18.0. The van der Waals surface area contributed by atoms with Gasteiger partial charge in [-0.25, -0.2) is 4.79 Å². The predicted molar refractivity (Wildman–Crippen MR) is 243 cm³/mol. The summed E-state index contributed by atoms with van der Waals surface area (Å²) >= 11 is 6.32. The van der Waals surface area contributed by atoms with Crippen molar-refractivity contribution in [2.45, 2.75) is 115 Å². The van der Waals surface area contributed by atoms with E-state index in [4.69, 9.17) is 21.1 Å². The fraction of sp³-hybridized carbons (Fsp3) is 0.431. The van der Waals surface area contributed by atoms with Crippen LogP contribution < -0.4 is 20.1 Å². The molecule has 2 heterocycles. The maximum absolute atomic E-state index is 13.1. The molecule has 10 nitrogen and oxygen atoms in total. The van der Waals surface area contributed by atoms with Gasteiger partial charge in [-0.3, -0.25) is 9.78 Å². The number of hydrogen-bond acceptors (Lipinski definition) is 8. The molecule has 8 rings (SSSR count). The third kappa shape index (κ3) is 9.60. The van der Waals surface area contributed by atoms with Crippen LogP contribution in [-0.2, 0) is 34.4 Å². The van der Waals surface area contributed by atoms with Gasteiger partial charge in [-0.2, -0.15) is 10.2 Å². The topological polar surface area (TPSA) is 136 Å². The number of aryl methyl sites for hydroxylation is 2. The number of rotatable bonds is 16. The van der Waals surface area contributed by atoms with Gasteiger partial charge in [0.2, 0.25) is 5.91 Å². The van der Waals surface area contributed by atoms with E-state index >= 15 is 0 Å². The number of pyridine rings is 1. The lowest BCUT2D eigenvalue weighted by Crippen LogP contribution is -2.53. The normalized spacial score (nSPS) is 22.0. The molecule has 0 bridgehead atoms. The largest absolute Gasteiger partial charge is 0.494 e. The van der Waals surface area contributed by atoms with Gasteiger partial charge in [0.05, 0.1) is 25.1 Å². The van der Waals surface area contributed by atoms with Crippen LogP contribution in [0.3, 0.4) is 0 Å². The van der Waals surface area contributed by atoms with E-state index in [0.717, 1.165) is 78.8 Å². The van der Waals surface area contributed by atoms with Crippen molar-refractivity contribution in [3.63, 3.8) is 0 Å². The first kappa shape index (κ1) is 43.2. The molecule has 62 heavy (non-hydrogen) atoms. The van der Waals surface area contributed by atoms with Crippen molar-refractivity contribution in [2.24, 2.45) is 11.8 Å². The van der Waals surface area contributed by atoms with Crippen LogP contribution in [0, 0.1) is 18.8 Å². The van der Waals surface area contributed by atoms with Gasteiger partial charge in [-0.1, -0.05) is 55.8 Å². The van der Waals surface area contributed by atoms with Crippen molar-refractivity contribution in [1.29, 1.82) is 0 Å². The average Bonchev–Trinajstić information content (AvgIpc) is 3.55. The van der Waals surface area contributed by atoms with E-state index in [2.05, 4.69) is 57.9 Å². The fourth-order valence-electron chi connectivity index (χ4n) is 10.4. The molecule has 1 fully saturated rings. The molecule has 5 aromatic rings. The molecule has 0 saturated heterocycles. The van der Waals surface area contributed by atoms with E-state index in [1.165, 1.54) is 22.4 Å². The summed E-state index contributed by atoms with van der Waals surface area (Å²) in [6.07, 6.45) is 12.1. The number of nitrogens with zero attached hydrogens (tertiary/aromatic N) is 3. The van der Waals surface area contributed by atoms with Gasteiger partial charge < -0.3 is 25.2 Å². The third-order valence-corrected chi connectivity index (χ3v) is 13.8. The molecule has 1 saturated carbocycles. The van der Waals surface area contributed by atoms with Gasteiger partial charge >= 0.3 is 5.97 Å². The highest BCUT2D eigenvalue weighted by molar-refractivity contribution is 6.30. The Hall–Kier alpha value is -5.48. The summed E-state index contributed by atoms with van der Waals surface area (Å²) in [5.41, 5.74) is 8.29. The number of amides is 1. The van der Waals surface area contributed by atoms with Crippen molar-refractivity contribution in [3.05, 3.63) is 130 Å². The number of ether oxygens (including phenoxy) is 2. The number of carbonyl (C=O) groups excluding carboxylic acids is 1. The maximum Gasteiger partial charge on any atom is 0.329 e. The van der Waals surface area contributed by atoms with Crippen molar-refractivity contribution in [1.82, 2.24) is 20.5 Å². The highest BCUT2D eigenvalue weighted by Crippen LogP contribution is 2.57. The SMILES string of the molecule is Cc1cc(-c2cccc(CNC(=O)CCCOc3ccc4c(c3)C3(CCC(Nc5cccc(Cl)c5)(C(=O)O)CC3)C(C[C@@H](C)COc3ccnc5c3[C@H](C)CCC5)C4)c2)cnn1. The molecule has 3 aromatic carbocycles. The van der Waals surface area contributed by atoms with Crippen LogP contribution in [0.15, 0.2) is 91.3 Å². The second kappa shape index (κ2) is 18.9. The highest BCUT2D eigenvalue weighted by atomic mass is 35.5. The summed E-state index contributed by atoms with van der Waals surface area (Å²) in [7, 11) is 0. The van der Waals surface area contributed by atoms with Gasteiger partial charge in [0, 0.05) is 46.7 Å². The van der Waals surface area contributed by atoms with E-state index in [1.807, 2.05) is 61.7 Å². The van der Waals surface area contributed by atoms with Crippen molar-refractivity contribution >= 4 is 29.2 Å². The minimum absolute atomic E-state index is 0.0249. The Morgan fingerprint density at radius 3 is 2.63 bits per heavy atom. The molecule has 3 N–H and O–H groups in total. The van der Waals surface area contributed by atoms with Crippen LogP contribution in [-0.4, -0.2) is 50.9 Å².